The van der Waals surface area contributed by atoms with Gasteiger partial charge in [-0.1, -0.05) is 48.0 Å². The van der Waals surface area contributed by atoms with Crippen LogP contribution in [-0.2, 0) is 4.79 Å². The molecule has 0 unspecified atom stereocenters. The van der Waals surface area contributed by atoms with Crippen molar-refractivity contribution in [1.82, 2.24) is 10.2 Å². The second-order valence-corrected chi connectivity index (χ2v) is 6.66. The van der Waals surface area contributed by atoms with Gasteiger partial charge in [-0.3, -0.25) is 9.59 Å². The molecule has 1 heterocycles. The Morgan fingerprint density at radius 1 is 0.923 bits per heavy atom. The van der Waals surface area contributed by atoms with Crippen molar-refractivity contribution in [3.63, 3.8) is 0 Å². The molecule has 5 heteroatoms. The summed E-state index contributed by atoms with van der Waals surface area (Å²) in [6.07, 6.45) is 4.75. The van der Waals surface area contributed by atoms with E-state index in [9.17, 15) is 9.59 Å². The van der Waals surface area contributed by atoms with Crippen molar-refractivity contribution in [2.24, 2.45) is 0 Å². The number of hydrogen-bond acceptors (Lipinski definition) is 2. The highest BCUT2D eigenvalue weighted by molar-refractivity contribution is 6.32. The molecule has 0 radical (unpaired) electrons. The van der Waals surface area contributed by atoms with Crippen LogP contribution in [0.5, 0.6) is 0 Å². The lowest BCUT2D eigenvalue weighted by Crippen LogP contribution is -2.41. The molecule has 134 valence electrons. The summed E-state index contributed by atoms with van der Waals surface area (Å²) in [5, 5.41) is 3.31. The number of carbonyl (C=O) groups is 2. The molecule has 0 aromatic heterocycles. The SMILES string of the molecule is O=C(NC(=Cc1ccccc1Cl)C(=O)N1CCCCC1)c1ccccc1. The Bertz CT molecular complexity index is 812. The number of benzene rings is 2. The minimum absolute atomic E-state index is 0.172. The highest BCUT2D eigenvalue weighted by Crippen LogP contribution is 2.19. The van der Waals surface area contributed by atoms with E-state index in [1.165, 1.54) is 0 Å². The van der Waals surface area contributed by atoms with E-state index in [1.807, 2.05) is 24.3 Å². The van der Waals surface area contributed by atoms with Gasteiger partial charge in [-0.25, -0.2) is 0 Å². The Morgan fingerprint density at radius 3 is 2.27 bits per heavy atom. The molecule has 26 heavy (non-hydrogen) atoms. The zero-order chi connectivity index (χ0) is 18.4. The quantitative estimate of drug-likeness (QED) is 0.825. The number of carbonyl (C=O) groups excluding carboxylic acids is 2. The third-order valence-electron chi connectivity index (χ3n) is 4.36. The maximum atomic E-state index is 13.0. The standard InChI is InChI=1S/C21H21ClN2O2/c22-18-12-6-5-11-17(18)15-19(21(26)24-13-7-2-8-14-24)23-20(25)16-9-3-1-4-10-16/h1,3-6,9-12,15H,2,7-8,13-14H2,(H,23,25). The second-order valence-electron chi connectivity index (χ2n) is 6.25. The lowest BCUT2D eigenvalue weighted by molar-refractivity contribution is -0.128. The van der Waals surface area contributed by atoms with Gasteiger partial charge < -0.3 is 10.2 Å². The molecule has 1 N–H and O–H groups in total. The van der Waals surface area contributed by atoms with Crippen LogP contribution in [0.25, 0.3) is 6.08 Å². The normalized spacial score (nSPS) is 14.8. The Hall–Kier alpha value is -2.59. The van der Waals surface area contributed by atoms with E-state index in [2.05, 4.69) is 5.32 Å². The Labute approximate surface area is 158 Å². The third-order valence-corrected chi connectivity index (χ3v) is 4.71. The van der Waals surface area contributed by atoms with E-state index in [-0.39, 0.29) is 17.5 Å². The molecule has 0 atom stereocenters. The largest absolute Gasteiger partial charge is 0.337 e. The van der Waals surface area contributed by atoms with Crippen molar-refractivity contribution in [2.75, 3.05) is 13.1 Å². The molecular weight excluding hydrogens is 348 g/mol. The number of halogens is 1. The minimum Gasteiger partial charge on any atom is -0.337 e. The van der Waals surface area contributed by atoms with Crippen LogP contribution in [-0.4, -0.2) is 29.8 Å². The van der Waals surface area contributed by atoms with Gasteiger partial charge in [-0.15, -0.1) is 0 Å². The first kappa shape index (κ1) is 18.2. The highest BCUT2D eigenvalue weighted by Gasteiger charge is 2.22. The first-order valence-electron chi connectivity index (χ1n) is 8.77. The number of nitrogens with zero attached hydrogens (tertiary/aromatic N) is 1. The van der Waals surface area contributed by atoms with Crippen LogP contribution in [0.4, 0.5) is 0 Å². The van der Waals surface area contributed by atoms with Crippen LogP contribution < -0.4 is 5.32 Å². The molecule has 0 bridgehead atoms. The van der Waals surface area contributed by atoms with Crippen LogP contribution in [0.3, 0.4) is 0 Å². The predicted octanol–water partition coefficient (Wildman–Crippen LogP) is 4.12. The molecule has 1 fully saturated rings. The average Bonchev–Trinajstić information content (AvgIpc) is 2.70. The molecule has 1 saturated heterocycles. The molecule has 2 amide bonds. The summed E-state index contributed by atoms with van der Waals surface area (Å²) in [7, 11) is 0. The van der Waals surface area contributed by atoms with Gasteiger partial charge in [0.1, 0.15) is 5.70 Å². The van der Waals surface area contributed by atoms with E-state index in [4.69, 9.17) is 11.6 Å². The van der Waals surface area contributed by atoms with E-state index < -0.39 is 0 Å². The number of piperidine rings is 1. The summed E-state index contributed by atoms with van der Waals surface area (Å²) in [5.41, 5.74) is 1.45. The number of hydrogen-bond donors (Lipinski definition) is 1. The molecule has 2 aromatic carbocycles. The first-order chi connectivity index (χ1) is 12.6. The van der Waals surface area contributed by atoms with Gasteiger partial charge in [0.15, 0.2) is 0 Å². The van der Waals surface area contributed by atoms with E-state index in [0.717, 1.165) is 19.3 Å². The Kier molecular flexibility index (Phi) is 6.08. The molecular formula is C21H21ClN2O2. The molecule has 1 aliphatic rings. The zero-order valence-electron chi connectivity index (χ0n) is 14.5. The average molecular weight is 369 g/mol. The number of rotatable bonds is 4. The van der Waals surface area contributed by atoms with Gasteiger partial charge in [-0.2, -0.15) is 0 Å². The lowest BCUT2D eigenvalue weighted by Gasteiger charge is -2.27. The fourth-order valence-electron chi connectivity index (χ4n) is 2.95. The van der Waals surface area contributed by atoms with Crippen LogP contribution in [0, 0.1) is 0 Å². The Morgan fingerprint density at radius 2 is 1.58 bits per heavy atom. The lowest BCUT2D eigenvalue weighted by atomic mass is 10.1. The first-order valence-corrected chi connectivity index (χ1v) is 9.15. The number of amides is 2. The van der Waals surface area contributed by atoms with Crippen molar-refractivity contribution in [1.29, 1.82) is 0 Å². The molecule has 0 spiro atoms. The molecule has 0 aliphatic carbocycles. The van der Waals surface area contributed by atoms with Gasteiger partial charge in [0.25, 0.3) is 11.8 Å². The van der Waals surface area contributed by atoms with Crippen molar-refractivity contribution >= 4 is 29.5 Å². The van der Waals surface area contributed by atoms with Gasteiger partial charge in [0.2, 0.25) is 0 Å². The maximum absolute atomic E-state index is 13.0. The van der Waals surface area contributed by atoms with E-state index in [1.54, 1.807) is 41.3 Å². The number of likely N-dealkylation sites (tertiary alicyclic amines) is 1. The van der Waals surface area contributed by atoms with Gasteiger partial charge in [0, 0.05) is 23.7 Å². The van der Waals surface area contributed by atoms with Crippen LogP contribution in [0.15, 0.2) is 60.3 Å². The Balaban J connectivity index is 1.89. The smallest absolute Gasteiger partial charge is 0.270 e. The molecule has 0 saturated carbocycles. The highest BCUT2D eigenvalue weighted by atomic mass is 35.5. The van der Waals surface area contributed by atoms with Crippen LogP contribution >= 0.6 is 11.6 Å². The molecule has 3 rings (SSSR count). The van der Waals surface area contributed by atoms with Gasteiger partial charge >= 0.3 is 0 Å². The molecule has 1 aliphatic heterocycles. The van der Waals surface area contributed by atoms with Crippen LogP contribution in [0.2, 0.25) is 5.02 Å². The van der Waals surface area contributed by atoms with Crippen LogP contribution in [0.1, 0.15) is 35.2 Å². The van der Waals surface area contributed by atoms with Gasteiger partial charge in [0.05, 0.1) is 0 Å². The fraction of sp³-hybridized carbons (Fsp3) is 0.238. The summed E-state index contributed by atoms with van der Waals surface area (Å²) >= 11 is 6.23. The zero-order valence-corrected chi connectivity index (χ0v) is 15.2. The van der Waals surface area contributed by atoms with Crippen molar-refractivity contribution < 1.29 is 9.59 Å². The summed E-state index contributed by atoms with van der Waals surface area (Å²) < 4.78 is 0. The fourth-order valence-corrected chi connectivity index (χ4v) is 3.14. The van der Waals surface area contributed by atoms with Crippen molar-refractivity contribution in [3.05, 3.63) is 76.4 Å². The maximum Gasteiger partial charge on any atom is 0.270 e. The molecule has 4 nitrogen and oxygen atoms in total. The monoisotopic (exact) mass is 368 g/mol. The minimum atomic E-state index is -0.311. The third kappa shape index (κ3) is 4.52. The topological polar surface area (TPSA) is 49.4 Å². The van der Waals surface area contributed by atoms with Crippen molar-refractivity contribution in [2.45, 2.75) is 19.3 Å². The van der Waals surface area contributed by atoms with E-state index >= 15 is 0 Å². The summed E-state index contributed by atoms with van der Waals surface area (Å²) in [5.74, 6) is -0.483. The van der Waals surface area contributed by atoms with E-state index in [0.29, 0.717) is 29.2 Å². The molecule has 2 aromatic rings. The number of nitrogens with one attached hydrogen (secondary N) is 1. The van der Waals surface area contributed by atoms with Crippen molar-refractivity contribution in [3.8, 4) is 0 Å². The van der Waals surface area contributed by atoms with Gasteiger partial charge in [-0.05, 0) is 49.1 Å². The second kappa shape index (κ2) is 8.68. The predicted molar refractivity (Wildman–Crippen MR) is 104 cm³/mol. The summed E-state index contributed by atoms with van der Waals surface area (Å²) in [4.78, 5) is 27.3. The summed E-state index contributed by atoms with van der Waals surface area (Å²) in [6.45, 7) is 1.42. The summed E-state index contributed by atoms with van der Waals surface area (Å²) in [6, 6.07) is 16.1.